The van der Waals surface area contributed by atoms with Gasteiger partial charge in [-0.05, 0) is 38.0 Å². The van der Waals surface area contributed by atoms with Gasteiger partial charge in [0, 0.05) is 12.6 Å². The molecule has 1 saturated heterocycles. The highest BCUT2D eigenvalue weighted by atomic mass is 19.1. The van der Waals surface area contributed by atoms with Crippen LogP contribution in [0, 0.1) is 18.6 Å². The third-order valence-corrected chi connectivity index (χ3v) is 3.65. The number of likely N-dealkylation sites (tertiary alicyclic amines) is 1. The van der Waals surface area contributed by atoms with Gasteiger partial charge in [0.25, 0.3) is 5.91 Å². The lowest BCUT2D eigenvalue weighted by Gasteiger charge is -2.22. The van der Waals surface area contributed by atoms with Gasteiger partial charge in [-0.3, -0.25) is 4.79 Å². The molecule has 1 aliphatic rings. The van der Waals surface area contributed by atoms with Gasteiger partial charge in [-0.15, -0.1) is 0 Å². The van der Waals surface area contributed by atoms with Gasteiger partial charge in [-0.2, -0.15) is 0 Å². The second-order valence-corrected chi connectivity index (χ2v) is 5.15. The van der Waals surface area contributed by atoms with Crippen molar-refractivity contribution in [3.63, 3.8) is 0 Å². The summed E-state index contributed by atoms with van der Waals surface area (Å²) < 4.78 is 32.2. The second kappa shape index (κ2) is 5.27. The van der Waals surface area contributed by atoms with Crippen LogP contribution >= 0.6 is 0 Å². The quantitative estimate of drug-likeness (QED) is 0.853. The maximum absolute atomic E-state index is 13.8. The Bertz CT molecular complexity index is 684. The van der Waals surface area contributed by atoms with E-state index < -0.39 is 17.5 Å². The molecule has 1 aromatic carbocycles. The zero-order valence-electron chi connectivity index (χ0n) is 11.5. The summed E-state index contributed by atoms with van der Waals surface area (Å²) in [6, 6.07) is 4.37. The fourth-order valence-electron chi connectivity index (χ4n) is 2.66. The number of hydrogen-bond acceptors (Lipinski definition) is 3. The lowest BCUT2D eigenvalue weighted by atomic mass is 10.1. The normalized spacial score (nSPS) is 18.2. The van der Waals surface area contributed by atoms with Crippen molar-refractivity contribution >= 4 is 5.91 Å². The summed E-state index contributed by atoms with van der Waals surface area (Å²) in [6.45, 7) is 2.28. The first kappa shape index (κ1) is 13.7. The van der Waals surface area contributed by atoms with Crippen LogP contribution in [0.3, 0.4) is 0 Å². The Hall–Kier alpha value is -2.24. The van der Waals surface area contributed by atoms with E-state index in [0.717, 1.165) is 36.7 Å². The fraction of sp³-hybridized carbons (Fsp3) is 0.333. The Morgan fingerprint density at radius 3 is 2.90 bits per heavy atom. The number of nitrogens with zero attached hydrogens (tertiary/aromatic N) is 2. The second-order valence-electron chi connectivity index (χ2n) is 5.15. The predicted molar refractivity (Wildman–Crippen MR) is 70.6 cm³/mol. The van der Waals surface area contributed by atoms with Crippen molar-refractivity contribution in [3.05, 3.63) is 52.9 Å². The smallest absolute Gasteiger partial charge is 0.257 e. The Balaban J connectivity index is 1.91. The monoisotopic (exact) mass is 292 g/mol. The van der Waals surface area contributed by atoms with Gasteiger partial charge < -0.3 is 9.42 Å². The zero-order valence-corrected chi connectivity index (χ0v) is 11.5. The number of amides is 1. The topological polar surface area (TPSA) is 46.3 Å². The number of rotatable bonds is 2. The van der Waals surface area contributed by atoms with Crippen LogP contribution in [0.4, 0.5) is 8.78 Å². The standard InChI is InChI=1S/C15H14F2N2O2/c1-9-7-14(21-18-9)13-3-2-6-19(13)15(20)11-8-10(16)4-5-12(11)17/h4-5,7-8,13H,2-3,6H2,1H3/t13-/m1/s1. The average molecular weight is 292 g/mol. The van der Waals surface area contributed by atoms with E-state index in [2.05, 4.69) is 5.16 Å². The minimum atomic E-state index is -0.721. The van der Waals surface area contributed by atoms with Gasteiger partial charge in [0.15, 0.2) is 5.76 Å². The summed E-state index contributed by atoms with van der Waals surface area (Å²) in [5.74, 6) is -1.30. The summed E-state index contributed by atoms with van der Waals surface area (Å²) in [5.41, 5.74) is 0.472. The molecular weight excluding hydrogens is 278 g/mol. The Morgan fingerprint density at radius 2 is 2.19 bits per heavy atom. The Morgan fingerprint density at radius 1 is 1.38 bits per heavy atom. The highest BCUT2D eigenvalue weighted by Gasteiger charge is 2.34. The number of carbonyl (C=O) groups excluding carboxylic acids is 1. The largest absolute Gasteiger partial charge is 0.359 e. The first-order chi connectivity index (χ1) is 10.1. The van der Waals surface area contributed by atoms with Crippen molar-refractivity contribution in [2.75, 3.05) is 6.54 Å². The van der Waals surface area contributed by atoms with Crippen LogP contribution in [0.5, 0.6) is 0 Å². The third kappa shape index (κ3) is 2.53. The molecule has 21 heavy (non-hydrogen) atoms. The van der Waals surface area contributed by atoms with Crippen molar-refractivity contribution in [2.24, 2.45) is 0 Å². The molecule has 1 aromatic heterocycles. The highest BCUT2D eigenvalue weighted by molar-refractivity contribution is 5.95. The minimum absolute atomic E-state index is 0.252. The van der Waals surface area contributed by atoms with Crippen molar-refractivity contribution in [2.45, 2.75) is 25.8 Å². The van der Waals surface area contributed by atoms with E-state index in [-0.39, 0.29) is 11.6 Å². The molecule has 2 heterocycles. The van der Waals surface area contributed by atoms with Gasteiger partial charge in [0.2, 0.25) is 0 Å². The van der Waals surface area contributed by atoms with E-state index in [0.29, 0.717) is 12.3 Å². The van der Waals surface area contributed by atoms with Crippen LogP contribution in [-0.2, 0) is 0 Å². The molecule has 1 atom stereocenters. The van der Waals surface area contributed by atoms with Crippen molar-refractivity contribution in [3.8, 4) is 0 Å². The molecule has 0 N–H and O–H groups in total. The van der Waals surface area contributed by atoms with Gasteiger partial charge in [0.1, 0.15) is 11.6 Å². The number of aromatic nitrogens is 1. The van der Waals surface area contributed by atoms with Crippen LogP contribution in [0.2, 0.25) is 0 Å². The molecule has 1 amide bonds. The molecule has 6 heteroatoms. The average Bonchev–Trinajstić information content (AvgIpc) is 3.09. The minimum Gasteiger partial charge on any atom is -0.359 e. The molecule has 0 spiro atoms. The SMILES string of the molecule is Cc1cc([C@H]2CCCN2C(=O)c2cc(F)ccc2F)on1. The molecule has 0 saturated carbocycles. The van der Waals surface area contributed by atoms with E-state index in [1.165, 1.54) is 4.90 Å². The third-order valence-electron chi connectivity index (χ3n) is 3.65. The van der Waals surface area contributed by atoms with Crippen LogP contribution in [0.1, 0.15) is 40.7 Å². The van der Waals surface area contributed by atoms with E-state index in [4.69, 9.17) is 4.52 Å². The maximum Gasteiger partial charge on any atom is 0.257 e. The van der Waals surface area contributed by atoms with E-state index in [1.807, 2.05) is 0 Å². The summed E-state index contributed by atoms with van der Waals surface area (Å²) in [5, 5.41) is 3.81. The number of benzene rings is 1. The molecule has 0 bridgehead atoms. The number of halogens is 2. The lowest BCUT2D eigenvalue weighted by molar-refractivity contribution is 0.0709. The van der Waals surface area contributed by atoms with E-state index in [9.17, 15) is 13.6 Å². The Labute approximate surface area is 120 Å². The predicted octanol–water partition coefficient (Wildman–Crippen LogP) is 3.24. The number of hydrogen-bond donors (Lipinski definition) is 0. The van der Waals surface area contributed by atoms with E-state index in [1.54, 1.807) is 13.0 Å². The fourth-order valence-corrected chi connectivity index (χ4v) is 2.66. The molecule has 4 nitrogen and oxygen atoms in total. The molecule has 3 rings (SSSR count). The van der Waals surface area contributed by atoms with Gasteiger partial charge in [-0.25, -0.2) is 8.78 Å². The summed E-state index contributed by atoms with van der Waals surface area (Å²) in [7, 11) is 0. The molecule has 1 aliphatic heterocycles. The number of carbonyl (C=O) groups is 1. The molecule has 110 valence electrons. The lowest BCUT2D eigenvalue weighted by Crippen LogP contribution is -2.31. The maximum atomic E-state index is 13.8. The number of aryl methyl sites for hydroxylation is 1. The summed E-state index contributed by atoms with van der Waals surface area (Å²) >= 11 is 0. The van der Waals surface area contributed by atoms with Crippen LogP contribution in [-0.4, -0.2) is 22.5 Å². The summed E-state index contributed by atoms with van der Waals surface area (Å²) in [6.07, 6.45) is 1.50. The van der Waals surface area contributed by atoms with Gasteiger partial charge in [-0.1, -0.05) is 5.16 Å². The van der Waals surface area contributed by atoms with Crippen LogP contribution in [0.15, 0.2) is 28.8 Å². The van der Waals surface area contributed by atoms with Gasteiger partial charge >= 0.3 is 0 Å². The molecule has 0 unspecified atom stereocenters. The molecule has 2 aromatic rings. The highest BCUT2D eigenvalue weighted by Crippen LogP contribution is 2.33. The van der Waals surface area contributed by atoms with Crippen LogP contribution in [0.25, 0.3) is 0 Å². The first-order valence-corrected chi connectivity index (χ1v) is 6.75. The van der Waals surface area contributed by atoms with Crippen molar-refractivity contribution < 1.29 is 18.1 Å². The molecule has 0 radical (unpaired) electrons. The molecular formula is C15H14F2N2O2. The first-order valence-electron chi connectivity index (χ1n) is 6.75. The van der Waals surface area contributed by atoms with Crippen molar-refractivity contribution in [1.82, 2.24) is 10.1 Å². The summed E-state index contributed by atoms with van der Waals surface area (Å²) in [4.78, 5) is 14.0. The molecule has 1 fully saturated rings. The molecule has 0 aliphatic carbocycles. The zero-order chi connectivity index (χ0) is 15.0. The Kier molecular flexibility index (Phi) is 3.45. The van der Waals surface area contributed by atoms with E-state index >= 15 is 0 Å². The van der Waals surface area contributed by atoms with Crippen LogP contribution < -0.4 is 0 Å². The van der Waals surface area contributed by atoms with Crippen molar-refractivity contribution in [1.29, 1.82) is 0 Å². The van der Waals surface area contributed by atoms with Gasteiger partial charge in [0.05, 0.1) is 17.3 Å².